The van der Waals surface area contributed by atoms with E-state index in [4.69, 9.17) is 32.7 Å². The molecule has 1 N–H and O–H groups in total. The van der Waals surface area contributed by atoms with Crippen LogP contribution in [0.5, 0.6) is 11.5 Å². The van der Waals surface area contributed by atoms with E-state index in [1.807, 2.05) is 11.8 Å². The molecule has 1 aliphatic heterocycles. The van der Waals surface area contributed by atoms with Crippen LogP contribution in [0.4, 0.5) is 5.82 Å². The Hall–Kier alpha value is -3.08. The van der Waals surface area contributed by atoms with Crippen LogP contribution in [0.25, 0.3) is 22.2 Å². The molecule has 0 amide bonds. The molecule has 0 bridgehead atoms. The molecule has 1 saturated heterocycles. The molecule has 5 rings (SSSR count). The van der Waals surface area contributed by atoms with Crippen molar-refractivity contribution in [3.05, 3.63) is 52.4 Å². The number of benzene rings is 1. The zero-order valence-electron chi connectivity index (χ0n) is 19.7. The van der Waals surface area contributed by atoms with Crippen LogP contribution in [-0.4, -0.2) is 55.0 Å². The quantitative estimate of drug-likeness (QED) is 0.340. The van der Waals surface area contributed by atoms with Gasteiger partial charge in [-0.15, -0.1) is 0 Å². The van der Waals surface area contributed by atoms with Gasteiger partial charge in [-0.25, -0.2) is 13.4 Å². The Kier molecular flexibility index (Phi) is 6.44. The lowest BCUT2D eigenvalue weighted by Crippen LogP contribution is -2.38. The molecule has 0 saturated carbocycles. The number of ether oxygens (including phenoxy) is 2. The van der Waals surface area contributed by atoms with Gasteiger partial charge >= 0.3 is 0 Å². The summed E-state index contributed by atoms with van der Waals surface area (Å²) in [6.45, 7) is 3.39. The Balaban J connectivity index is 1.58. The van der Waals surface area contributed by atoms with Crippen LogP contribution in [0.15, 0.2) is 41.7 Å². The van der Waals surface area contributed by atoms with E-state index in [2.05, 4.69) is 20.2 Å². The Morgan fingerprint density at radius 3 is 2.42 bits per heavy atom. The summed E-state index contributed by atoms with van der Waals surface area (Å²) in [5, 5.41) is 8.92. The number of hydrogen-bond donors (Lipinski definition) is 1. The first kappa shape index (κ1) is 24.6. The summed E-state index contributed by atoms with van der Waals surface area (Å²) in [7, 11) is -1.97. The standard InChI is InChI=1S/C24H23Cl2N5O4S/c1-13(22-16(25)11-27-12-17(22)26)35-20-8-15-18(9-19(20)34-2)29-30-23(15)14-7-21(36(3,32)33)24(28-10-14)31-5-4-6-31/h7-13H,4-6H2,1-3H3,(H,29,30)/t13-/m1/s1. The highest BCUT2D eigenvalue weighted by Crippen LogP contribution is 2.40. The fraction of sp³-hybridized carbons (Fsp3) is 0.292. The zero-order chi connectivity index (χ0) is 25.6. The number of rotatable bonds is 7. The largest absolute Gasteiger partial charge is 0.493 e. The third-order valence-corrected chi connectivity index (χ3v) is 7.81. The van der Waals surface area contributed by atoms with Gasteiger partial charge in [-0.1, -0.05) is 23.2 Å². The minimum Gasteiger partial charge on any atom is -0.493 e. The molecule has 1 aliphatic rings. The highest BCUT2D eigenvalue weighted by atomic mass is 35.5. The molecule has 12 heteroatoms. The van der Waals surface area contributed by atoms with Gasteiger partial charge in [-0.05, 0) is 25.5 Å². The Labute approximate surface area is 218 Å². The van der Waals surface area contributed by atoms with Crippen molar-refractivity contribution in [3.63, 3.8) is 0 Å². The van der Waals surface area contributed by atoms with E-state index in [9.17, 15) is 8.42 Å². The molecule has 1 aromatic carbocycles. The monoisotopic (exact) mass is 547 g/mol. The van der Waals surface area contributed by atoms with Crippen LogP contribution >= 0.6 is 23.2 Å². The smallest absolute Gasteiger partial charge is 0.179 e. The van der Waals surface area contributed by atoms with Gasteiger partial charge in [0.05, 0.1) is 22.7 Å². The second-order valence-electron chi connectivity index (χ2n) is 8.56. The first-order valence-electron chi connectivity index (χ1n) is 11.1. The number of hydrogen-bond acceptors (Lipinski definition) is 8. The molecule has 0 unspecified atom stereocenters. The molecule has 9 nitrogen and oxygen atoms in total. The van der Waals surface area contributed by atoms with Crippen LogP contribution in [0.3, 0.4) is 0 Å². The summed E-state index contributed by atoms with van der Waals surface area (Å²) in [5.41, 5.74) is 2.40. The highest BCUT2D eigenvalue weighted by Gasteiger charge is 2.26. The van der Waals surface area contributed by atoms with E-state index in [1.165, 1.54) is 18.6 Å². The molecule has 0 spiro atoms. The minimum absolute atomic E-state index is 0.177. The fourth-order valence-corrected chi connectivity index (χ4v) is 5.69. The van der Waals surface area contributed by atoms with Crippen molar-refractivity contribution < 1.29 is 17.9 Å². The SMILES string of the molecule is COc1cc2[nH]nc(-c3cnc(N4CCC4)c(S(C)(=O)=O)c3)c2cc1O[C@H](C)c1c(Cl)cncc1Cl. The number of pyridine rings is 2. The lowest BCUT2D eigenvalue weighted by molar-refractivity contribution is 0.216. The van der Waals surface area contributed by atoms with Gasteiger partial charge in [0.2, 0.25) is 0 Å². The van der Waals surface area contributed by atoms with Gasteiger partial charge in [-0.2, -0.15) is 5.10 Å². The molecule has 4 heterocycles. The van der Waals surface area contributed by atoms with Crippen molar-refractivity contribution in [2.75, 3.05) is 31.4 Å². The summed E-state index contributed by atoms with van der Waals surface area (Å²) in [4.78, 5) is 10.6. The van der Waals surface area contributed by atoms with Crippen molar-refractivity contribution in [3.8, 4) is 22.8 Å². The number of sulfone groups is 1. The van der Waals surface area contributed by atoms with E-state index in [0.717, 1.165) is 19.5 Å². The van der Waals surface area contributed by atoms with Crippen molar-refractivity contribution >= 4 is 49.8 Å². The number of fused-ring (bicyclic) bond motifs is 1. The fourth-order valence-electron chi connectivity index (χ4n) is 4.16. The summed E-state index contributed by atoms with van der Waals surface area (Å²) < 4.78 is 36.9. The summed E-state index contributed by atoms with van der Waals surface area (Å²) in [6.07, 6.45) is 6.34. The zero-order valence-corrected chi connectivity index (χ0v) is 22.1. The van der Waals surface area contributed by atoms with E-state index in [1.54, 1.807) is 31.5 Å². The van der Waals surface area contributed by atoms with E-state index in [-0.39, 0.29) is 4.90 Å². The van der Waals surface area contributed by atoms with Crippen molar-refractivity contribution in [1.82, 2.24) is 20.2 Å². The average molecular weight is 548 g/mol. The highest BCUT2D eigenvalue weighted by molar-refractivity contribution is 7.90. The molecular formula is C24H23Cl2N5O4S. The van der Waals surface area contributed by atoms with Crippen molar-refractivity contribution in [2.24, 2.45) is 0 Å². The van der Waals surface area contributed by atoms with Gasteiger partial charge in [-0.3, -0.25) is 10.1 Å². The molecule has 1 atom stereocenters. The van der Waals surface area contributed by atoms with Gasteiger partial charge in [0, 0.05) is 60.5 Å². The van der Waals surface area contributed by atoms with Crippen LogP contribution < -0.4 is 14.4 Å². The molecule has 0 aliphatic carbocycles. The summed E-state index contributed by atoms with van der Waals surface area (Å²) in [6, 6.07) is 5.18. The second kappa shape index (κ2) is 9.42. The van der Waals surface area contributed by atoms with Gasteiger partial charge in [0.1, 0.15) is 22.5 Å². The molecule has 36 heavy (non-hydrogen) atoms. The maximum atomic E-state index is 12.6. The number of nitrogens with one attached hydrogen (secondary N) is 1. The van der Waals surface area contributed by atoms with E-state index < -0.39 is 15.9 Å². The first-order chi connectivity index (χ1) is 17.2. The molecule has 1 fully saturated rings. The van der Waals surface area contributed by atoms with Crippen LogP contribution in [-0.2, 0) is 9.84 Å². The first-order valence-corrected chi connectivity index (χ1v) is 13.8. The Bertz CT molecular complexity index is 1550. The number of anilines is 1. The maximum Gasteiger partial charge on any atom is 0.179 e. The molecule has 4 aromatic rings. The van der Waals surface area contributed by atoms with Gasteiger partial charge < -0.3 is 14.4 Å². The van der Waals surface area contributed by atoms with Crippen LogP contribution in [0, 0.1) is 0 Å². The van der Waals surface area contributed by atoms with Crippen LogP contribution in [0.2, 0.25) is 10.0 Å². The lowest BCUT2D eigenvalue weighted by atomic mass is 10.1. The number of aromatic amines is 1. The Morgan fingerprint density at radius 2 is 1.81 bits per heavy atom. The number of aromatic nitrogens is 4. The number of H-pyrrole nitrogens is 1. The predicted octanol–water partition coefficient (Wildman–Crippen LogP) is 5.09. The topological polar surface area (TPSA) is 110 Å². The van der Waals surface area contributed by atoms with Crippen molar-refractivity contribution in [2.45, 2.75) is 24.3 Å². The summed E-state index contributed by atoms with van der Waals surface area (Å²) >= 11 is 12.6. The Morgan fingerprint density at radius 1 is 1.08 bits per heavy atom. The minimum atomic E-state index is -3.51. The molecule has 3 aromatic heterocycles. The second-order valence-corrected chi connectivity index (χ2v) is 11.4. The number of nitrogens with zero attached hydrogens (tertiary/aromatic N) is 4. The number of methoxy groups -OCH3 is 1. The van der Waals surface area contributed by atoms with Crippen molar-refractivity contribution in [1.29, 1.82) is 0 Å². The maximum absolute atomic E-state index is 12.6. The lowest BCUT2D eigenvalue weighted by Gasteiger charge is -2.33. The third-order valence-electron chi connectivity index (χ3n) is 6.11. The van der Waals surface area contributed by atoms with Gasteiger partial charge in [0.25, 0.3) is 0 Å². The van der Waals surface area contributed by atoms with Gasteiger partial charge in [0.15, 0.2) is 21.3 Å². The molecular weight excluding hydrogens is 525 g/mol. The summed E-state index contributed by atoms with van der Waals surface area (Å²) in [5.74, 6) is 1.39. The van der Waals surface area contributed by atoms with E-state index >= 15 is 0 Å². The third kappa shape index (κ3) is 4.44. The van der Waals surface area contributed by atoms with Crippen LogP contribution in [0.1, 0.15) is 25.0 Å². The molecule has 0 radical (unpaired) electrons. The van der Waals surface area contributed by atoms with E-state index in [0.29, 0.717) is 55.1 Å². The normalized spacial score (nSPS) is 14.5. The number of halogens is 2. The average Bonchev–Trinajstić information content (AvgIpc) is 3.19. The molecule has 188 valence electrons. The predicted molar refractivity (Wildman–Crippen MR) is 139 cm³/mol.